The smallest absolute Gasteiger partial charge is 0.278 e. The number of aryl methyl sites for hydroxylation is 2. The Kier molecular flexibility index (Phi) is 5.69. The number of nitrogens with one attached hydrogen (secondary N) is 1. The lowest BCUT2D eigenvalue weighted by atomic mass is 10.0. The number of hydrogen-bond donors (Lipinski definition) is 1. The van der Waals surface area contributed by atoms with Gasteiger partial charge in [-0.15, -0.1) is 0 Å². The second-order valence-electron chi connectivity index (χ2n) is 6.61. The van der Waals surface area contributed by atoms with Crippen LogP contribution in [0.2, 0.25) is 5.02 Å². The molecule has 0 saturated carbocycles. The molecule has 0 spiro atoms. The van der Waals surface area contributed by atoms with Crippen molar-refractivity contribution in [3.63, 3.8) is 0 Å². The van der Waals surface area contributed by atoms with Crippen LogP contribution < -0.4 is 10.3 Å². The van der Waals surface area contributed by atoms with Crippen LogP contribution in [0.1, 0.15) is 35.0 Å². The number of aromatic nitrogens is 2. The fourth-order valence-corrected chi connectivity index (χ4v) is 4.14. The maximum absolute atomic E-state index is 13.0. The normalized spacial score (nSPS) is 16.6. The molecule has 0 amide bonds. The highest BCUT2D eigenvalue weighted by Crippen LogP contribution is 2.36. The van der Waals surface area contributed by atoms with Crippen molar-refractivity contribution in [2.75, 3.05) is 19.5 Å². The minimum Gasteiger partial charge on any atom is -0.488 e. The van der Waals surface area contributed by atoms with E-state index in [0.717, 1.165) is 12.7 Å². The van der Waals surface area contributed by atoms with Crippen molar-refractivity contribution in [1.29, 1.82) is 0 Å². The van der Waals surface area contributed by atoms with Crippen molar-refractivity contribution >= 4 is 27.2 Å². The van der Waals surface area contributed by atoms with Gasteiger partial charge in [0.2, 0.25) is 5.78 Å². The largest absolute Gasteiger partial charge is 0.488 e. The highest BCUT2D eigenvalue weighted by atomic mass is 35.5. The van der Waals surface area contributed by atoms with E-state index in [0.29, 0.717) is 18.8 Å². The van der Waals surface area contributed by atoms with Gasteiger partial charge < -0.3 is 9.47 Å². The zero-order chi connectivity index (χ0) is 20.6. The van der Waals surface area contributed by atoms with E-state index in [1.54, 1.807) is 13.8 Å². The van der Waals surface area contributed by atoms with Crippen molar-refractivity contribution < 1.29 is 22.7 Å². The first-order valence-corrected chi connectivity index (χ1v) is 11.0. The summed E-state index contributed by atoms with van der Waals surface area (Å²) in [6, 6.07) is 2.57. The van der Waals surface area contributed by atoms with E-state index in [-0.39, 0.29) is 39.5 Å². The van der Waals surface area contributed by atoms with Gasteiger partial charge >= 0.3 is 0 Å². The summed E-state index contributed by atoms with van der Waals surface area (Å²) in [4.78, 5) is 25.3. The number of carbonyl (C=O) groups excluding carboxylic acids is 1. The van der Waals surface area contributed by atoms with Gasteiger partial charge in [0.1, 0.15) is 17.1 Å². The van der Waals surface area contributed by atoms with Crippen LogP contribution in [-0.2, 0) is 21.1 Å². The summed E-state index contributed by atoms with van der Waals surface area (Å²) < 4.78 is 36.5. The number of halogens is 1. The average molecular weight is 429 g/mol. The summed E-state index contributed by atoms with van der Waals surface area (Å²) in [6.07, 6.45) is 1.68. The van der Waals surface area contributed by atoms with Gasteiger partial charge in [0.05, 0.1) is 11.1 Å². The fourth-order valence-electron chi connectivity index (χ4n) is 2.96. The molecule has 152 valence electrons. The molecule has 1 aliphatic heterocycles. The summed E-state index contributed by atoms with van der Waals surface area (Å²) >= 11 is 6.38. The molecule has 1 aromatic heterocycles. The minimum atomic E-state index is -3.65. The van der Waals surface area contributed by atoms with E-state index in [1.165, 1.54) is 16.8 Å². The van der Waals surface area contributed by atoms with E-state index >= 15 is 0 Å². The minimum absolute atomic E-state index is 0.000970. The van der Waals surface area contributed by atoms with Crippen LogP contribution in [0.4, 0.5) is 0 Å². The van der Waals surface area contributed by atoms with Crippen molar-refractivity contribution in [2.45, 2.75) is 37.8 Å². The third kappa shape index (κ3) is 3.74. The Morgan fingerprint density at radius 2 is 2.11 bits per heavy atom. The summed E-state index contributed by atoms with van der Waals surface area (Å²) in [7, 11) is -3.65. The lowest BCUT2D eigenvalue weighted by Crippen LogP contribution is -2.32. The molecule has 1 atom stereocenters. The molecule has 1 saturated heterocycles. The molecule has 1 N–H and O–H groups in total. The van der Waals surface area contributed by atoms with Gasteiger partial charge in [-0.2, -0.15) is 0 Å². The fraction of sp³-hybridized carbons (Fsp3) is 0.444. The third-order valence-corrected chi connectivity index (χ3v) is 6.09. The Hall–Kier alpha value is -2.10. The molecule has 28 heavy (non-hydrogen) atoms. The highest BCUT2D eigenvalue weighted by molar-refractivity contribution is 7.90. The SMILES string of the molecule is CCn1[nH]c(C)c(C(=O)c2ccc(S(C)(=O)=O)c(OCC3CCO3)c2Cl)c1=O. The Morgan fingerprint density at radius 1 is 1.43 bits per heavy atom. The molecule has 0 radical (unpaired) electrons. The van der Waals surface area contributed by atoms with Gasteiger partial charge in [-0.1, -0.05) is 11.6 Å². The number of H-pyrrole nitrogens is 1. The highest BCUT2D eigenvalue weighted by Gasteiger charge is 2.28. The second kappa shape index (κ2) is 7.73. The van der Waals surface area contributed by atoms with Crippen LogP contribution in [-0.4, -0.2) is 49.6 Å². The number of rotatable bonds is 7. The molecule has 0 bridgehead atoms. The summed E-state index contributed by atoms with van der Waals surface area (Å²) in [6.45, 7) is 4.50. The van der Waals surface area contributed by atoms with E-state index in [4.69, 9.17) is 21.1 Å². The second-order valence-corrected chi connectivity index (χ2v) is 8.97. The van der Waals surface area contributed by atoms with E-state index < -0.39 is 21.2 Å². The summed E-state index contributed by atoms with van der Waals surface area (Å²) in [5.41, 5.74) is -0.0887. The zero-order valence-electron chi connectivity index (χ0n) is 15.7. The lowest BCUT2D eigenvalue weighted by Gasteiger charge is -2.27. The molecule has 1 aromatic carbocycles. The number of ketones is 1. The quantitative estimate of drug-likeness (QED) is 0.675. The topological polar surface area (TPSA) is 107 Å². The number of benzene rings is 1. The molecule has 1 unspecified atom stereocenters. The number of sulfone groups is 1. The van der Waals surface area contributed by atoms with Crippen LogP contribution in [0.25, 0.3) is 0 Å². The Labute approximate surface area is 167 Å². The van der Waals surface area contributed by atoms with E-state index in [9.17, 15) is 18.0 Å². The molecule has 0 aliphatic carbocycles. The van der Waals surface area contributed by atoms with Crippen molar-refractivity contribution in [3.05, 3.63) is 44.3 Å². The van der Waals surface area contributed by atoms with Crippen LogP contribution in [0, 0.1) is 6.92 Å². The monoisotopic (exact) mass is 428 g/mol. The van der Waals surface area contributed by atoms with Crippen molar-refractivity contribution in [1.82, 2.24) is 9.78 Å². The van der Waals surface area contributed by atoms with Crippen LogP contribution in [0.3, 0.4) is 0 Å². The van der Waals surface area contributed by atoms with Gasteiger partial charge in [-0.25, -0.2) is 8.42 Å². The first kappa shape index (κ1) is 20.6. The molecule has 2 heterocycles. The van der Waals surface area contributed by atoms with Gasteiger partial charge in [0.15, 0.2) is 15.6 Å². The van der Waals surface area contributed by atoms with Crippen molar-refractivity contribution in [3.8, 4) is 5.75 Å². The molecule has 8 nitrogen and oxygen atoms in total. The van der Waals surface area contributed by atoms with Crippen molar-refractivity contribution in [2.24, 2.45) is 0 Å². The van der Waals surface area contributed by atoms with E-state index in [2.05, 4.69) is 5.10 Å². The maximum Gasteiger partial charge on any atom is 0.278 e. The molecule has 2 aromatic rings. The molecular weight excluding hydrogens is 408 g/mol. The zero-order valence-corrected chi connectivity index (χ0v) is 17.3. The average Bonchev–Trinajstić information content (AvgIpc) is 2.86. The molecule has 1 aliphatic rings. The van der Waals surface area contributed by atoms with Gasteiger partial charge in [0.25, 0.3) is 5.56 Å². The molecule has 10 heteroatoms. The summed E-state index contributed by atoms with van der Waals surface area (Å²) in [5.74, 6) is -0.699. The molecule has 1 fully saturated rings. The standard InChI is InChI=1S/C18H21ClN2O6S/c1-4-21-18(23)14(10(2)20-21)16(22)12-5-6-13(28(3,24)25)17(15(12)19)27-9-11-7-8-26-11/h5-6,11,20H,4,7-9H2,1-3H3. The number of aromatic amines is 1. The van der Waals surface area contributed by atoms with Gasteiger partial charge in [0, 0.05) is 37.1 Å². The third-order valence-electron chi connectivity index (χ3n) is 4.59. The number of nitrogens with zero attached hydrogens (tertiary/aromatic N) is 1. The maximum atomic E-state index is 13.0. The van der Waals surface area contributed by atoms with Crippen LogP contribution >= 0.6 is 11.6 Å². The van der Waals surface area contributed by atoms with E-state index in [1.807, 2.05) is 0 Å². The summed E-state index contributed by atoms with van der Waals surface area (Å²) in [5, 5.41) is 2.69. The Bertz CT molecular complexity index is 1080. The predicted molar refractivity (Wildman–Crippen MR) is 103 cm³/mol. The lowest BCUT2D eigenvalue weighted by molar-refractivity contribution is -0.0724. The van der Waals surface area contributed by atoms with Crippen LogP contribution in [0.5, 0.6) is 5.75 Å². The first-order chi connectivity index (χ1) is 13.1. The number of ether oxygens (including phenoxy) is 2. The van der Waals surface area contributed by atoms with Gasteiger partial charge in [-0.3, -0.25) is 19.4 Å². The first-order valence-electron chi connectivity index (χ1n) is 8.76. The number of carbonyl (C=O) groups is 1. The Morgan fingerprint density at radius 3 is 2.61 bits per heavy atom. The Balaban J connectivity index is 2.07. The molecule has 3 rings (SSSR count). The van der Waals surface area contributed by atoms with Gasteiger partial charge in [-0.05, 0) is 26.0 Å². The number of hydrogen-bond acceptors (Lipinski definition) is 6. The van der Waals surface area contributed by atoms with Crippen LogP contribution in [0.15, 0.2) is 21.8 Å². The predicted octanol–water partition coefficient (Wildman–Crippen LogP) is 1.96. The molecular formula is C18H21ClN2O6S.